The minimum atomic E-state index is 0.209. The number of rotatable bonds is 8. The maximum atomic E-state index is 11.0. The summed E-state index contributed by atoms with van der Waals surface area (Å²) in [5, 5.41) is 5.96. The molecule has 3 heteroatoms. The van der Waals surface area contributed by atoms with E-state index >= 15 is 0 Å². The van der Waals surface area contributed by atoms with Crippen LogP contribution in [-0.2, 0) is 4.79 Å². The fourth-order valence-electron chi connectivity index (χ4n) is 1.14. The Morgan fingerprint density at radius 1 is 0.938 bits per heavy atom. The van der Waals surface area contributed by atoms with Crippen LogP contribution in [0, 0.1) is 0 Å². The first-order valence-electron chi connectivity index (χ1n) is 6.70. The van der Waals surface area contributed by atoms with Crippen molar-refractivity contribution in [1.82, 2.24) is 10.6 Å². The number of amides is 1. The Bertz CT molecular complexity index is 136. The van der Waals surface area contributed by atoms with Gasteiger partial charge in [0.15, 0.2) is 0 Å². The molecule has 0 aromatic heterocycles. The van der Waals surface area contributed by atoms with Gasteiger partial charge in [-0.15, -0.1) is 0 Å². The van der Waals surface area contributed by atoms with E-state index in [0.29, 0.717) is 6.42 Å². The van der Waals surface area contributed by atoms with Crippen molar-refractivity contribution in [1.29, 1.82) is 0 Å². The summed E-state index contributed by atoms with van der Waals surface area (Å²) in [5.41, 5.74) is 0. The van der Waals surface area contributed by atoms with Gasteiger partial charge >= 0.3 is 0 Å². The monoisotopic (exact) mass is 230 g/mol. The summed E-state index contributed by atoms with van der Waals surface area (Å²) in [5.74, 6) is 0.209. The zero-order valence-corrected chi connectivity index (χ0v) is 11.6. The minimum Gasteiger partial charge on any atom is -0.356 e. The van der Waals surface area contributed by atoms with Crippen LogP contribution in [0.4, 0.5) is 0 Å². The van der Waals surface area contributed by atoms with Crippen LogP contribution >= 0.6 is 0 Å². The Morgan fingerprint density at radius 3 is 1.94 bits per heavy atom. The van der Waals surface area contributed by atoms with E-state index in [9.17, 15) is 4.79 Å². The van der Waals surface area contributed by atoms with Crippen molar-refractivity contribution in [3.8, 4) is 0 Å². The summed E-state index contributed by atoms with van der Waals surface area (Å²) in [6.45, 7) is 11.4. The van der Waals surface area contributed by atoms with E-state index in [4.69, 9.17) is 0 Å². The third-order valence-corrected chi connectivity index (χ3v) is 2.08. The van der Waals surface area contributed by atoms with Crippen molar-refractivity contribution in [3.05, 3.63) is 0 Å². The van der Waals surface area contributed by atoms with Crippen molar-refractivity contribution < 1.29 is 4.79 Å². The fraction of sp³-hybridized carbons (Fsp3) is 0.923. The summed E-state index contributed by atoms with van der Waals surface area (Å²) in [6, 6.07) is 0. The second-order valence-electron chi connectivity index (χ2n) is 3.76. The minimum absolute atomic E-state index is 0.209. The Kier molecular flexibility index (Phi) is 18.8. The van der Waals surface area contributed by atoms with Gasteiger partial charge in [-0.1, -0.05) is 40.5 Å². The van der Waals surface area contributed by atoms with E-state index in [1.54, 1.807) is 0 Å². The molecule has 16 heavy (non-hydrogen) atoms. The lowest BCUT2D eigenvalue weighted by Gasteiger charge is -2.01. The molecule has 0 unspecified atom stereocenters. The van der Waals surface area contributed by atoms with E-state index in [0.717, 1.165) is 32.5 Å². The van der Waals surface area contributed by atoms with Gasteiger partial charge in [-0.05, 0) is 25.9 Å². The molecule has 0 fully saturated rings. The van der Waals surface area contributed by atoms with Crippen LogP contribution < -0.4 is 10.6 Å². The van der Waals surface area contributed by atoms with Gasteiger partial charge in [0.05, 0.1) is 0 Å². The topological polar surface area (TPSA) is 41.1 Å². The number of carbonyl (C=O) groups excluding carboxylic acids is 1. The van der Waals surface area contributed by atoms with Gasteiger partial charge in [0.1, 0.15) is 0 Å². The lowest BCUT2D eigenvalue weighted by atomic mass is 10.2. The average molecular weight is 230 g/mol. The molecular weight excluding hydrogens is 200 g/mol. The first kappa shape index (κ1) is 17.8. The van der Waals surface area contributed by atoms with Crippen molar-refractivity contribution >= 4 is 5.91 Å². The highest BCUT2D eigenvalue weighted by Crippen LogP contribution is 1.97. The van der Waals surface area contributed by atoms with E-state index < -0.39 is 0 Å². The third kappa shape index (κ3) is 19.1. The zero-order valence-electron chi connectivity index (χ0n) is 11.6. The third-order valence-electron chi connectivity index (χ3n) is 2.08. The zero-order chi connectivity index (χ0) is 12.6. The van der Waals surface area contributed by atoms with Gasteiger partial charge in [-0.2, -0.15) is 0 Å². The number of hydrogen-bond acceptors (Lipinski definition) is 2. The Balaban J connectivity index is 0. The van der Waals surface area contributed by atoms with E-state index in [-0.39, 0.29) is 5.91 Å². The molecule has 0 aromatic rings. The number of nitrogens with one attached hydrogen (secondary N) is 2. The van der Waals surface area contributed by atoms with Gasteiger partial charge in [0, 0.05) is 13.0 Å². The molecule has 98 valence electrons. The van der Waals surface area contributed by atoms with E-state index in [1.807, 2.05) is 0 Å². The highest BCUT2D eigenvalue weighted by atomic mass is 16.1. The van der Waals surface area contributed by atoms with Crippen molar-refractivity contribution in [2.75, 3.05) is 19.6 Å². The maximum absolute atomic E-state index is 11.0. The fourth-order valence-corrected chi connectivity index (χ4v) is 1.14. The first-order valence-corrected chi connectivity index (χ1v) is 6.70. The van der Waals surface area contributed by atoms with Crippen LogP contribution in [0.1, 0.15) is 59.8 Å². The largest absolute Gasteiger partial charge is 0.356 e. The number of unbranched alkanes of at least 4 members (excludes halogenated alkanes) is 2. The lowest BCUT2D eigenvalue weighted by molar-refractivity contribution is -0.121. The molecule has 1 amide bonds. The number of hydrogen-bond donors (Lipinski definition) is 2. The number of carbonyl (C=O) groups is 1. The average Bonchev–Trinajstić information content (AvgIpc) is 2.29. The van der Waals surface area contributed by atoms with Gasteiger partial charge in [-0.3, -0.25) is 4.79 Å². The van der Waals surface area contributed by atoms with Gasteiger partial charge in [0.25, 0.3) is 0 Å². The summed E-state index contributed by atoms with van der Waals surface area (Å²) < 4.78 is 0. The van der Waals surface area contributed by atoms with Crippen LogP contribution in [-0.4, -0.2) is 25.5 Å². The molecule has 2 N–H and O–H groups in total. The molecule has 0 spiro atoms. The Labute approximate surface area is 101 Å². The standard InChI is InChI=1S/C9H19NO.C4H11N/c1-3-5-6-7-9(11)10-8-4-2;1-3-5-4-2/h3-8H2,1-2H3,(H,10,11);5H,3-4H2,1-2H3. The lowest BCUT2D eigenvalue weighted by Crippen LogP contribution is -2.23. The highest BCUT2D eigenvalue weighted by Gasteiger charge is 1.97. The molecular formula is C13H30N2O. The molecule has 0 saturated heterocycles. The van der Waals surface area contributed by atoms with Crippen molar-refractivity contribution in [3.63, 3.8) is 0 Å². The van der Waals surface area contributed by atoms with E-state index in [1.165, 1.54) is 12.8 Å². The molecule has 0 heterocycles. The quantitative estimate of drug-likeness (QED) is 0.630. The predicted octanol–water partition coefficient (Wildman–Crippen LogP) is 2.71. The summed E-state index contributed by atoms with van der Waals surface area (Å²) >= 11 is 0. The predicted molar refractivity (Wildman–Crippen MR) is 71.7 cm³/mol. The van der Waals surface area contributed by atoms with Crippen molar-refractivity contribution in [2.24, 2.45) is 0 Å². The molecule has 0 aromatic carbocycles. The molecule has 0 saturated carbocycles. The molecule has 0 aliphatic carbocycles. The van der Waals surface area contributed by atoms with E-state index in [2.05, 4.69) is 38.3 Å². The van der Waals surface area contributed by atoms with Crippen molar-refractivity contribution in [2.45, 2.75) is 59.8 Å². The molecule has 0 radical (unpaired) electrons. The SMILES string of the molecule is CCCCCC(=O)NCCC.CCNCC. The Morgan fingerprint density at radius 2 is 1.56 bits per heavy atom. The van der Waals surface area contributed by atoms with Crippen LogP contribution in [0.15, 0.2) is 0 Å². The summed E-state index contributed by atoms with van der Waals surface area (Å²) in [7, 11) is 0. The van der Waals surface area contributed by atoms with Crippen LogP contribution in [0.2, 0.25) is 0 Å². The normalized spacial score (nSPS) is 9.25. The molecule has 3 nitrogen and oxygen atoms in total. The second-order valence-corrected chi connectivity index (χ2v) is 3.76. The van der Waals surface area contributed by atoms with Crippen LogP contribution in [0.5, 0.6) is 0 Å². The highest BCUT2D eigenvalue weighted by molar-refractivity contribution is 5.75. The molecule has 0 bridgehead atoms. The molecule has 0 atom stereocenters. The van der Waals surface area contributed by atoms with Gasteiger partial charge in [0.2, 0.25) is 5.91 Å². The molecule has 0 aliphatic heterocycles. The smallest absolute Gasteiger partial charge is 0.219 e. The van der Waals surface area contributed by atoms with Crippen LogP contribution in [0.25, 0.3) is 0 Å². The summed E-state index contributed by atoms with van der Waals surface area (Å²) in [4.78, 5) is 11.0. The summed E-state index contributed by atoms with van der Waals surface area (Å²) in [6.07, 6.45) is 5.11. The first-order chi connectivity index (χ1) is 7.72. The molecule has 0 rings (SSSR count). The maximum Gasteiger partial charge on any atom is 0.219 e. The van der Waals surface area contributed by atoms with Crippen LogP contribution in [0.3, 0.4) is 0 Å². The Hall–Kier alpha value is -0.570. The molecule has 0 aliphatic rings. The van der Waals surface area contributed by atoms with Gasteiger partial charge < -0.3 is 10.6 Å². The second kappa shape index (κ2) is 16.8. The van der Waals surface area contributed by atoms with Gasteiger partial charge in [-0.25, -0.2) is 0 Å².